The van der Waals surface area contributed by atoms with E-state index >= 15 is 0 Å². The second kappa shape index (κ2) is 5.17. The summed E-state index contributed by atoms with van der Waals surface area (Å²) in [7, 11) is 0. The van der Waals surface area contributed by atoms with Gasteiger partial charge in [0.15, 0.2) is 0 Å². The molecule has 0 aliphatic heterocycles. The van der Waals surface area contributed by atoms with Gasteiger partial charge in [-0.1, -0.05) is 0 Å². The molecule has 3 heteroatoms. The molecule has 1 heterocycles. The molecule has 0 bridgehead atoms. The monoisotopic (exact) mass is 196 g/mol. The summed E-state index contributed by atoms with van der Waals surface area (Å²) in [4.78, 5) is 5.30. The van der Waals surface area contributed by atoms with Crippen LogP contribution in [0.1, 0.15) is 26.3 Å². The lowest BCUT2D eigenvalue weighted by Crippen LogP contribution is -2.35. The minimum atomic E-state index is -0.267. The third-order valence-corrected chi connectivity index (χ3v) is 2.28. The van der Waals surface area contributed by atoms with Crippen LogP contribution in [0.3, 0.4) is 0 Å². The van der Waals surface area contributed by atoms with E-state index in [1.54, 1.807) is 0 Å². The van der Waals surface area contributed by atoms with Gasteiger partial charge in [-0.25, -0.2) is 0 Å². The van der Waals surface area contributed by atoms with Crippen LogP contribution in [0.25, 0.3) is 0 Å². The molecule has 1 unspecified atom stereocenters. The third kappa shape index (κ3) is 3.52. The van der Waals surface area contributed by atoms with Crippen molar-refractivity contribution in [1.82, 2.24) is 9.88 Å². The van der Waals surface area contributed by atoms with Crippen LogP contribution < -0.4 is 0 Å². The maximum absolute atomic E-state index is 9.35. The molecule has 3 nitrogen and oxygen atoms in total. The topological polar surface area (TPSA) is 39.3 Å². The lowest BCUT2D eigenvalue weighted by Gasteiger charge is -2.27. The number of aromatic amines is 1. The fraction of sp³-hybridized carbons (Fsp3) is 0.636. The van der Waals surface area contributed by atoms with Crippen molar-refractivity contribution in [3.8, 4) is 0 Å². The van der Waals surface area contributed by atoms with Crippen LogP contribution in [-0.4, -0.2) is 33.7 Å². The van der Waals surface area contributed by atoms with Crippen molar-refractivity contribution < 1.29 is 5.11 Å². The second-order valence-corrected chi connectivity index (χ2v) is 4.09. The van der Waals surface area contributed by atoms with Crippen LogP contribution in [0, 0.1) is 0 Å². The van der Waals surface area contributed by atoms with Gasteiger partial charge in [0.1, 0.15) is 0 Å². The SMILES string of the molecule is CC(O)CN(Cc1cc[nH]c1)C(C)C. The average Bonchev–Trinajstić information content (AvgIpc) is 2.54. The van der Waals surface area contributed by atoms with Crippen LogP contribution in [0.5, 0.6) is 0 Å². The molecule has 1 aromatic rings. The maximum atomic E-state index is 9.35. The molecule has 1 aromatic heterocycles. The zero-order valence-electron chi connectivity index (χ0n) is 9.20. The zero-order chi connectivity index (χ0) is 10.6. The van der Waals surface area contributed by atoms with E-state index in [-0.39, 0.29) is 6.10 Å². The van der Waals surface area contributed by atoms with Gasteiger partial charge in [-0.3, -0.25) is 4.90 Å². The number of rotatable bonds is 5. The molecule has 1 atom stereocenters. The van der Waals surface area contributed by atoms with Crippen molar-refractivity contribution in [2.45, 2.75) is 39.5 Å². The van der Waals surface area contributed by atoms with Crippen molar-refractivity contribution >= 4 is 0 Å². The molecule has 0 spiro atoms. The molecular weight excluding hydrogens is 176 g/mol. The summed E-state index contributed by atoms with van der Waals surface area (Å²) in [6.45, 7) is 7.74. The summed E-state index contributed by atoms with van der Waals surface area (Å²) >= 11 is 0. The van der Waals surface area contributed by atoms with Crippen molar-refractivity contribution in [1.29, 1.82) is 0 Å². The lowest BCUT2D eigenvalue weighted by atomic mass is 10.2. The number of aromatic nitrogens is 1. The molecule has 0 radical (unpaired) electrons. The van der Waals surface area contributed by atoms with Gasteiger partial charge in [0.05, 0.1) is 6.10 Å². The van der Waals surface area contributed by atoms with Crippen LogP contribution >= 0.6 is 0 Å². The van der Waals surface area contributed by atoms with Gasteiger partial charge in [0, 0.05) is 31.5 Å². The number of nitrogens with one attached hydrogen (secondary N) is 1. The fourth-order valence-corrected chi connectivity index (χ4v) is 1.49. The first-order chi connectivity index (χ1) is 6.59. The standard InChI is InChI=1S/C11H20N2O/c1-9(2)13(7-10(3)14)8-11-4-5-12-6-11/h4-6,9-10,12,14H,7-8H2,1-3H3. The lowest BCUT2D eigenvalue weighted by molar-refractivity contribution is 0.103. The molecule has 0 fully saturated rings. The summed E-state index contributed by atoms with van der Waals surface area (Å²) in [5.41, 5.74) is 1.26. The van der Waals surface area contributed by atoms with Gasteiger partial charge >= 0.3 is 0 Å². The van der Waals surface area contributed by atoms with E-state index in [1.165, 1.54) is 5.56 Å². The molecule has 0 aromatic carbocycles. The Balaban J connectivity index is 2.51. The van der Waals surface area contributed by atoms with E-state index in [4.69, 9.17) is 0 Å². The predicted octanol–water partition coefficient (Wildman–Crippen LogP) is 1.61. The summed E-state index contributed by atoms with van der Waals surface area (Å²) in [6, 6.07) is 2.52. The van der Waals surface area contributed by atoms with Gasteiger partial charge in [-0.05, 0) is 32.4 Å². The Hall–Kier alpha value is -0.800. The largest absolute Gasteiger partial charge is 0.392 e. The molecule has 14 heavy (non-hydrogen) atoms. The number of hydrogen-bond acceptors (Lipinski definition) is 2. The van der Waals surface area contributed by atoms with Crippen LogP contribution in [0.2, 0.25) is 0 Å². The van der Waals surface area contributed by atoms with E-state index in [2.05, 4.69) is 29.8 Å². The summed E-state index contributed by atoms with van der Waals surface area (Å²) in [5, 5.41) is 9.35. The highest BCUT2D eigenvalue weighted by Crippen LogP contribution is 2.07. The van der Waals surface area contributed by atoms with Crippen LogP contribution in [-0.2, 0) is 6.54 Å². The Morgan fingerprint density at radius 1 is 1.43 bits per heavy atom. The Morgan fingerprint density at radius 3 is 2.57 bits per heavy atom. The van der Waals surface area contributed by atoms with Gasteiger partial charge in [0.25, 0.3) is 0 Å². The second-order valence-electron chi connectivity index (χ2n) is 4.09. The Bertz CT molecular complexity index is 242. The Labute approximate surface area is 85.7 Å². The number of nitrogens with zero attached hydrogens (tertiary/aromatic N) is 1. The smallest absolute Gasteiger partial charge is 0.0639 e. The number of hydrogen-bond donors (Lipinski definition) is 2. The van der Waals surface area contributed by atoms with Gasteiger partial charge in [-0.15, -0.1) is 0 Å². The van der Waals surface area contributed by atoms with Crippen LogP contribution in [0.15, 0.2) is 18.5 Å². The minimum Gasteiger partial charge on any atom is -0.392 e. The number of aliphatic hydroxyl groups is 1. The highest BCUT2D eigenvalue weighted by atomic mass is 16.3. The first-order valence-corrected chi connectivity index (χ1v) is 5.13. The van der Waals surface area contributed by atoms with Crippen LogP contribution in [0.4, 0.5) is 0 Å². The first-order valence-electron chi connectivity index (χ1n) is 5.13. The Morgan fingerprint density at radius 2 is 2.14 bits per heavy atom. The van der Waals surface area contributed by atoms with Crippen molar-refractivity contribution in [2.75, 3.05) is 6.54 Å². The van der Waals surface area contributed by atoms with Gasteiger partial charge in [0.2, 0.25) is 0 Å². The summed E-state index contributed by atoms with van der Waals surface area (Å²) < 4.78 is 0. The van der Waals surface area contributed by atoms with E-state index < -0.39 is 0 Å². The highest BCUT2D eigenvalue weighted by Gasteiger charge is 2.12. The van der Waals surface area contributed by atoms with Crippen molar-refractivity contribution in [2.24, 2.45) is 0 Å². The Kier molecular flexibility index (Phi) is 4.17. The molecule has 0 saturated carbocycles. The zero-order valence-corrected chi connectivity index (χ0v) is 9.20. The van der Waals surface area contributed by atoms with Crippen molar-refractivity contribution in [3.05, 3.63) is 24.0 Å². The molecule has 2 N–H and O–H groups in total. The van der Waals surface area contributed by atoms with Gasteiger partial charge in [-0.2, -0.15) is 0 Å². The van der Waals surface area contributed by atoms with E-state index in [0.29, 0.717) is 6.04 Å². The molecular formula is C11H20N2O. The molecule has 80 valence electrons. The number of aliphatic hydroxyl groups excluding tert-OH is 1. The average molecular weight is 196 g/mol. The third-order valence-electron chi connectivity index (χ3n) is 2.28. The van der Waals surface area contributed by atoms with E-state index in [0.717, 1.165) is 13.1 Å². The molecule has 0 aliphatic carbocycles. The molecule has 1 rings (SSSR count). The van der Waals surface area contributed by atoms with E-state index in [9.17, 15) is 5.11 Å². The molecule has 0 amide bonds. The maximum Gasteiger partial charge on any atom is 0.0639 e. The number of H-pyrrole nitrogens is 1. The van der Waals surface area contributed by atoms with Crippen molar-refractivity contribution in [3.63, 3.8) is 0 Å². The normalized spacial score (nSPS) is 13.9. The first kappa shape index (κ1) is 11.3. The minimum absolute atomic E-state index is 0.267. The summed E-state index contributed by atoms with van der Waals surface area (Å²) in [6.07, 6.45) is 3.66. The molecule has 0 saturated heterocycles. The fourth-order valence-electron chi connectivity index (χ4n) is 1.49. The highest BCUT2D eigenvalue weighted by molar-refractivity contribution is 5.08. The predicted molar refractivity (Wildman–Crippen MR) is 58.0 cm³/mol. The van der Waals surface area contributed by atoms with E-state index in [1.807, 2.05) is 19.3 Å². The molecule has 0 aliphatic rings. The summed E-state index contributed by atoms with van der Waals surface area (Å²) in [5.74, 6) is 0. The quantitative estimate of drug-likeness (QED) is 0.751. The van der Waals surface area contributed by atoms with Gasteiger partial charge < -0.3 is 10.1 Å².